The van der Waals surface area contributed by atoms with Gasteiger partial charge in [0.1, 0.15) is 5.75 Å². The summed E-state index contributed by atoms with van der Waals surface area (Å²) in [5.41, 5.74) is 1.13. The van der Waals surface area contributed by atoms with Crippen LogP contribution in [-0.2, 0) is 9.53 Å². The van der Waals surface area contributed by atoms with Crippen molar-refractivity contribution in [1.82, 2.24) is 0 Å². The molecule has 20 heavy (non-hydrogen) atoms. The molecule has 1 aromatic carbocycles. The second-order valence-corrected chi connectivity index (χ2v) is 5.13. The molecule has 2 aromatic rings. The third-order valence-electron chi connectivity index (χ3n) is 2.67. The van der Waals surface area contributed by atoms with Crippen LogP contribution in [0, 0.1) is 0 Å². The lowest BCUT2D eigenvalue weighted by molar-refractivity contribution is -0.137. The first kappa shape index (κ1) is 14.3. The maximum atomic E-state index is 11.2. The molecule has 0 unspecified atom stereocenters. The molecule has 0 saturated heterocycles. The molecule has 0 aliphatic heterocycles. The van der Waals surface area contributed by atoms with Crippen molar-refractivity contribution in [1.29, 1.82) is 0 Å². The Morgan fingerprint density at radius 2 is 1.95 bits per heavy atom. The quantitative estimate of drug-likeness (QED) is 0.616. The van der Waals surface area contributed by atoms with Crippen LogP contribution in [0.5, 0.6) is 5.75 Å². The van der Waals surface area contributed by atoms with Gasteiger partial charge >= 0.3 is 5.97 Å². The van der Waals surface area contributed by atoms with Crippen molar-refractivity contribution in [2.24, 2.45) is 0 Å². The topological polar surface area (TPSA) is 35.5 Å². The Labute approximate surface area is 122 Å². The molecule has 0 saturated carbocycles. The SMILES string of the molecule is CCOC(=O)C=Cc1ccc(-c2ccc(OC)cc2)s1. The number of ether oxygens (including phenoxy) is 2. The van der Waals surface area contributed by atoms with E-state index in [2.05, 4.69) is 0 Å². The summed E-state index contributed by atoms with van der Waals surface area (Å²) in [6.07, 6.45) is 3.23. The van der Waals surface area contributed by atoms with E-state index in [1.807, 2.05) is 36.4 Å². The van der Waals surface area contributed by atoms with Gasteiger partial charge in [0.25, 0.3) is 0 Å². The maximum Gasteiger partial charge on any atom is 0.330 e. The summed E-state index contributed by atoms with van der Waals surface area (Å²) in [4.78, 5) is 13.4. The Kier molecular flexibility index (Phi) is 4.96. The molecular weight excluding hydrogens is 272 g/mol. The first-order chi connectivity index (χ1) is 9.72. The minimum absolute atomic E-state index is 0.313. The molecule has 0 spiro atoms. The molecule has 3 nitrogen and oxygen atoms in total. The molecule has 0 bridgehead atoms. The molecule has 0 aliphatic carbocycles. The number of hydrogen-bond donors (Lipinski definition) is 0. The van der Waals surface area contributed by atoms with E-state index in [1.54, 1.807) is 31.4 Å². The van der Waals surface area contributed by atoms with Crippen LogP contribution in [0.2, 0.25) is 0 Å². The number of benzene rings is 1. The van der Waals surface area contributed by atoms with Gasteiger partial charge in [-0.25, -0.2) is 4.79 Å². The van der Waals surface area contributed by atoms with Crippen LogP contribution in [0.25, 0.3) is 16.5 Å². The predicted molar refractivity (Wildman–Crippen MR) is 82.0 cm³/mol. The smallest absolute Gasteiger partial charge is 0.330 e. The van der Waals surface area contributed by atoms with Crippen molar-refractivity contribution < 1.29 is 14.3 Å². The third-order valence-corrected chi connectivity index (χ3v) is 3.77. The van der Waals surface area contributed by atoms with Crippen molar-refractivity contribution in [3.63, 3.8) is 0 Å². The molecule has 0 amide bonds. The fourth-order valence-corrected chi connectivity index (χ4v) is 2.61. The molecule has 2 rings (SSSR count). The minimum atomic E-state index is -0.313. The number of methoxy groups -OCH3 is 1. The normalized spacial score (nSPS) is 10.7. The zero-order valence-electron chi connectivity index (χ0n) is 11.5. The van der Waals surface area contributed by atoms with E-state index >= 15 is 0 Å². The first-order valence-corrected chi connectivity index (χ1v) is 7.13. The van der Waals surface area contributed by atoms with Crippen molar-refractivity contribution in [2.75, 3.05) is 13.7 Å². The summed E-state index contributed by atoms with van der Waals surface area (Å²) >= 11 is 1.62. The molecule has 0 radical (unpaired) electrons. The van der Waals surface area contributed by atoms with E-state index < -0.39 is 0 Å². The highest BCUT2D eigenvalue weighted by molar-refractivity contribution is 7.16. The molecule has 104 valence electrons. The van der Waals surface area contributed by atoms with Crippen molar-refractivity contribution in [3.05, 3.63) is 47.4 Å². The third kappa shape index (κ3) is 3.71. The Bertz CT molecular complexity index is 596. The van der Waals surface area contributed by atoms with Gasteiger partial charge in [-0.2, -0.15) is 0 Å². The van der Waals surface area contributed by atoms with Crippen LogP contribution in [0.3, 0.4) is 0 Å². The van der Waals surface area contributed by atoms with E-state index in [9.17, 15) is 4.79 Å². The van der Waals surface area contributed by atoms with Gasteiger partial charge in [-0.05, 0) is 55.0 Å². The van der Waals surface area contributed by atoms with Gasteiger partial charge in [0, 0.05) is 15.8 Å². The Morgan fingerprint density at radius 3 is 2.60 bits per heavy atom. The Balaban J connectivity index is 2.09. The van der Waals surface area contributed by atoms with Crippen LogP contribution in [0.15, 0.2) is 42.5 Å². The number of carbonyl (C=O) groups is 1. The number of thiophene rings is 1. The molecule has 1 aromatic heterocycles. The van der Waals surface area contributed by atoms with Crippen LogP contribution < -0.4 is 4.74 Å². The van der Waals surface area contributed by atoms with Gasteiger partial charge in [0.2, 0.25) is 0 Å². The Morgan fingerprint density at radius 1 is 1.20 bits per heavy atom. The maximum absolute atomic E-state index is 11.2. The average molecular weight is 288 g/mol. The molecule has 0 atom stereocenters. The van der Waals surface area contributed by atoms with Crippen LogP contribution in [-0.4, -0.2) is 19.7 Å². The van der Waals surface area contributed by atoms with Gasteiger partial charge in [-0.3, -0.25) is 0 Å². The molecular formula is C16H16O3S. The summed E-state index contributed by atoms with van der Waals surface area (Å²) in [7, 11) is 1.65. The minimum Gasteiger partial charge on any atom is -0.497 e. The number of carbonyl (C=O) groups excluding carboxylic acids is 1. The summed E-state index contributed by atoms with van der Waals surface area (Å²) in [5.74, 6) is 0.527. The van der Waals surface area contributed by atoms with Gasteiger partial charge < -0.3 is 9.47 Å². The zero-order valence-corrected chi connectivity index (χ0v) is 12.3. The van der Waals surface area contributed by atoms with Crippen LogP contribution in [0.4, 0.5) is 0 Å². The van der Waals surface area contributed by atoms with Crippen LogP contribution in [0.1, 0.15) is 11.8 Å². The fourth-order valence-electron chi connectivity index (χ4n) is 1.69. The molecule has 0 aliphatic rings. The van der Waals surface area contributed by atoms with Crippen molar-refractivity contribution >= 4 is 23.4 Å². The highest BCUT2D eigenvalue weighted by Gasteiger charge is 2.02. The fraction of sp³-hybridized carbons (Fsp3) is 0.188. The van der Waals surface area contributed by atoms with Crippen molar-refractivity contribution in [2.45, 2.75) is 6.92 Å². The molecule has 4 heteroatoms. The highest BCUT2D eigenvalue weighted by atomic mass is 32.1. The lowest BCUT2D eigenvalue weighted by Crippen LogP contribution is -1.98. The predicted octanol–water partition coefficient (Wildman–Crippen LogP) is 4.00. The standard InChI is InChI=1S/C16H16O3S/c1-3-19-16(17)11-9-14-8-10-15(20-14)12-4-6-13(18-2)7-5-12/h4-11H,3H2,1-2H3. The highest BCUT2D eigenvalue weighted by Crippen LogP contribution is 2.30. The van der Waals surface area contributed by atoms with E-state index in [1.165, 1.54) is 6.08 Å². The lowest BCUT2D eigenvalue weighted by atomic mass is 10.2. The van der Waals surface area contributed by atoms with E-state index in [0.717, 1.165) is 21.1 Å². The largest absolute Gasteiger partial charge is 0.497 e. The average Bonchev–Trinajstić information content (AvgIpc) is 2.94. The summed E-state index contributed by atoms with van der Waals surface area (Å²) in [6.45, 7) is 2.18. The lowest BCUT2D eigenvalue weighted by Gasteiger charge is -2.00. The van der Waals surface area contributed by atoms with E-state index in [4.69, 9.17) is 9.47 Å². The number of rotatable bonds is 5. The summed E-state index contributed by atoms with van der Waals surface area (Å²) in [5, 5.41) is 0. The first-order valence-electron chi connectivity index (χ1n) is 6.32. The zero-order chi connectivity index (χ0) is 14.4. The number of esters is 1. The Hall–Kier alpha value is -2.07. The van der Waals surface area contributed by atoms with E-state index in [0.29, 0.717) is 6.61 Å². The van der Waals surface area contributed by atoms with Gasteiger partial charge in [-0.15, -0.1) is 11.3 Å². The van der Waals surface area contributed by atoms with Gasteiger partial charge in [-0.1, -0.05) is 0 Å². The van der Waals surface area contributed by atoms with E-state index in [-0.39, 0.29) is 5.97 Å². The monoisotopic (exact) mass is 288 g/mol. The second-order valence-electron chi connectivity index (χ2n) is 4.02. The van der Waals surface area contributed by atoms with Gasteiger partial charge in [0.05, 0.1) is 13.7 Å². The summed E-state index contributed by atoms with van der Waals surface area (Å²) in [6, 6.07) is 11.9. The summed E-state index contributed by atoms with van der Waals surface area (Å²) < 4.78 is 9.98. The molecule has 1 heterocycles. The number of hydrogen-bond acceptors (Lipinski definition) is 4. The van der Waals surface area contributed by atoms with Gasteiger partial charge in [0.15, 0.2) is 0 Å². The second kappa shape index (κ2) is 6.91. The molecule has 0 fully saturated rings. The van der Waals surface area contributed by atoms with Crippen LogP contribution >= 0.6 is 11.3 Å². The molecule has 0 N–H and O–H groups in total. The van der Waals surface area contributed by atoms with Crippen molar-refractivity contribution in [3.8, 4) is 16.2 Å².